The first kappa shape index (κ1) is 13.1. The van der Waals surface area contributed by atoms with Gasteiger partial charge in [0.05, 0.1) is 13.5 Å². The van der Waals surface area contributed by atoms with E-state index in [9.17, 15) is 18.4 Å². The van der Waals surface area contributed by atoms with Crippen LogP contribution in [0.3, 0.4) is 0 Å². The Kier molecular flexibility index (Phi) is 4.56. The summed E-state index contributed by atoms with van der Waals surface area (Å²) in [5.74, 6) is -3.30. The molecular weight excluding hydrogens is 232 g/mol. The fraction of sp³-hybridized carbons (Fsp3) is 0.273. The first-order valence-electron chi connectivity index (χ1n) is 4.85. The molecule has 1 aromatic rings. The third-order valence-electron chi connectivity index (χ3n) is 2.03. The van der Waals surface area contributed by atoms with Gasteiger partial charge in [-0.1, -0.05) is 6.07 Å². The zero-order valence-corrected chi connectivity index (χ0v) is 9.13. The minimum absolute atomic E-state index is 0.0424. The molecule has 0 aliphatic rings. The van der Waals surface area contributed by atoms with Crippen LogP contribution in [0, 0.1) is 11.6 Å². The maximum atomic E-state index is 13.2. The molecule has 0 spiro atoms. The van der Waals surface area contributed by atoms with Crippen LogP contribution in [0.2, 0.25) is 0 Å². The minimum atomic E-state index is -0.944. The number of methoxy groups -OCH3 is 1. The lowest BCUT2D eigenvalue weighted by atomic mass is 10.2. The molecule has 0 atom stereocenters. The Morgan fingerprint density at radius 2 is 1.88 bits per heavy atom. The standard InChI is InChI=1S/C11H11F2NO3/c1-17-9(15)5-6-14-11(16)10-7(12)3-2-4-8(10)13/h2-4H,5-6H2,1H3,(H,14,16). The molecule has 4 nitrogen and oxygen atoms in total. The maximum Gasteiger partial charge on any atom is 0.307 e. The van der Waals surface area contributed by atoms with E-state index < -0.39 is 29.1 Å². The van der Waals surface area contributed by atoms with Crippen LogP contribution in [-0.4, -0.2) is 25.5 Å². The Morgan fingerprint density at radius 1 is 1.29 bits per heavy atom. The average Bonchev–Trinajstić information content (AvgIpc) is 2.28. The molecule has 0 aliphatic carbocycles. The largest absolute Gasteiger partial charge is 0.469 e. The number of amides is 1. The molecule has 6 heteroatoms. The monoisotopic (exact) mass is 243 g/mol. The van der Waals surface area contributed by atoms with E-state index in [1.165, 1.54) is 7.11 Å². The Bertz CT molecular complexity index is 414. The summed E-state index contributed by atoms with van der Waals surface area (Å²) in [7, 11) is 1.21. The molecule has 0 aliphatic heterocycles. The summed E-state index contributed by atoms with van der Waals surface area (Å²) in [6, 6.07) is 3.13. The van der Waals surface area contributed by atoms with E-state index in [1.807, 2.05) is 0 Å². The van der Waals surface area contributed by atoms with E-state index in [-0.39, 0.29) is 13.0 Å². The Labute approximate surface area is 96.6 Å². The third kappa shape index (κ3) is 3.51. The lowest BCUT2D eigenvalue weighted by molar-refractivity contribution is -0.140. The Hall–Kier alpha value is -1.98. The van der Waals surface area contributed by atoms with Crippen LogP contribution < -0.4 is 5.32 Å². The van der Waals surface area contributed by atoms with Gasteiger partial charge >= 0.3 is 5.97 Å². The normalized spacial score (nSPS) is 9.82. The lowest BCUT2D eigenvalue weighted by Crippen LogP contribution is -2.28. The number of hydrogen-bond acceptors (Lipinski definition) is 3. The number of esters is 1. The van der Waals surface area contributed by atoms with Crippen LogP contribution >= 0.6 is 0 Å². The van der Waals surface area contributed by atoms with E-state index in [2.05, 4.69) is 10.1 Å². The van der Waals surface area contributed by atoms with Gasteiger partial charge < -0.3 is 10.1 Å². The number of ether oxygens (including phenoxy) is 1. The van der Waals surface area contributed by atoms with Gasteiger partial charge in [0.1, 0.15) is 17.2 Å². The minimum Gasteiger partial charge on any atom is -0.469 e. The van der Waals surface area contributed by atoms with Gasteiger partial charge in [0.15, 0.2) is 0 Å². The fourth-order valence-corrected chi connectivity index (χ4v) is 1.18. The second kappa shape index (κ2) is 5.93. The molecule has 0 radical (unpaired) electrons. The first-order valence-corrected chi connectivity index (χ1v) is 4.85. The van der Waals surface area contributed by atoms with E-state index in [0.717, 1.165) is 18.2 Å². The van der Waals surface area contributed by atoms with Crippen molar-refractivity contribution in [3.8, 4) is 0 Å². The molecule has 0 bridgehead atoms. The van der Waals surface area contributed by atoms with Gasteiger partial charge in [-0.3, -0.25) is 9.59 Å². The molecule has 17 heavy (non-hydrogen) atoms. The lowest BCUT2D eigenvalue weighted by Gasteiger charge is -2.06. The zero-order valence-electron chi connectivity index (χ0n) is 9.13. The quantitative estimate of drug-likeness (QED) is 0.810. The molecule has 1 N–H and O–H groups in total. The summed E-state index contributed by atoms with van der Waals surface area (Å²) in [5, 5.41) is 2.23. The topological polar surface area (TPSA) is 55.4 Å². The number of carbonyl (C=O) groups is 2. The first-order chi connectivity index (χ1) is 8.06. The van der Waals surface area contributed by atoms with Gasteiger partial charge in [0.25, 0.3) is 5.91 Å². The average molecular weight is 243 g/mol. The van der Waals surface area contributed by atoms with Crippen molar-refractivity contribution in [3.63, 3.8) is 0 Å². The van der Waals surface area contributed by atoms with Crippen molar-refractivity contribution >= 4 is 11.9 Å². The van der Waals surface area contributed by atoms with Crippen molar-refractivity contribution in [2.24, 2.45) is 0 Å². The van der Waals surface area contributed by atoms with Crippen molar-refractivity contribution in [3.05, 3.63) is 35.4 Å². The summed E-state index contributed by atoms with van der Waals surface area (Å²) in [5.41, 5.74) is -0.655. The second-order valence-corrected chi connectivity index (χ2v) is 3.18. The number of rotatable bonds is 4. The molecule has 1 amide bonds. The number of benzene rings is 1. The summed E-state index contributed by atoms with van der Waals surface area (Å²) in [6.07, 6.45) is -0.0572. The van der Waals surface area contributed by atoms with Gasteiger partial charge in [0.2, 0.25) is 0 Å². The highest BCUT2D eigenvalue weighted by Crippen LogP contribution is 2.11. The molecule has 0 heterocycles. The molecule has 0 unspecified atom stereocenters. The molecule has 1 rings (SSSR count). The smallest absolute Gasteiger partial charge is 0.307 e. The summed E-state index contributed by atoms with van der Waals surface area (Å²) >= 11 is 0. The maximum absolute atomic E-state index is 13.2. The summed E-state index contributed by atoms with van der Waals surface area (Å²) < 4.78 is 30.7. The van der Waals surface area contributed by atoms with Crippen molar-refractivity contribution in [2.75, 3.05) is 13.7 Å². The second-order valence-electron chi connectivity index (χ2n) is 3.18. The molecule has 0 saturated heterocycles. The van der Waals surface area contributed by atoms with Crippen LogP contribution in [0.15, 0.2) is 18.2 Å². The third-order valence-corrected chi connectivity index (χ3v) is 2.03. The molecule has 92 valence electrons. The molecule has 0 saturated carbocycles. The SMILES string of the molecule is COC(=O)CCNC(=O)c1c(F)cccc1F. The zero-order chi connectivity index (χ0) is 12.8. The van der Waals surface area contributed by atoms with Gasteiger partial charge in [-0.25, -0.2) is 8.78 Å². The predicted octanol–water partition coefficient (Wildman–Crippen LogP) is 1.26. The van der Waals surface area contributed by atoms with E-state index in [1.54, 1.807) is 0 Å². The van der Waals surface area contributed by atoms with Gasteiger partial charge in [-0.2, -0.15) is 0 Å². The molecule has 0 aromatic heterocycles. The Balaban J connectivity index is 2.61. The number of nitrogens with one attached hydrogen (secondary N) is 1. The van der Waals surface area contributed by atoms with Gasteiger partial charge in [0, 0.05) is 6.54 Å². The predicted molar refractivity (Wildman–Crippen MR) is 55.3 cm³/mol. The highest BCUT2D eigenvalue weighted by Gasteiger charge is 2.16. The van der Waals surface area contributed by atoms with Crippen LogP contribution in [0.1, 0.15) is 16.8 Å². The summed E-state index contributed by atoms with van der Waals surface area (Å²) in [6.45, 7) is -0.0424. The van der Waals surface area contributed by atoms with Crippen LogP contribution in [0.4, 0.5) is 8.78 Å². The molecular formula is C11H11F2NO3. The number of halogens is 2. The van der Waals surface area contributed by atoms with Gasteiger partial charge in [-0.15, -0.1) is 0 Å². The van der Waals surface area contributed by atoms with E-state index in [4.69, 9.17) is 0 Å². The van der Waals surface area contributed by atoms with Crippen molar-refractivity contribution in [1.29, 1.82) is 0 Å². The van der Waals surface area contributed by atoms with Crippen molar-refractivity contribution in [1.82, 2.24) is 5.32 Å². The highest BCUT2D eigenvalue weighted by atomic mass is 19.1. The highest BCUT2D eigenvalue weighted by molar-refractivity contribution is 5.94. The van der Waals surface area contributed by atoms with Crippen LogP contribution in [0.25, 0.3) is 0 Å². The van der Waals surface area contributed by atoms with Crippen molar-refractivity contribution in [2.45, 2.75) is 6.42 Å². The van der Waals surface area contributed by atoms with Crippen molar-refractivity contribution < 1.29 is 23.1 Å². The number of hydrogen-bond donors (Lipinski definition) is 1. The van der Waals surface area contributed by atoms with Gasteiger partial charge in [-0.05, 0) is 12.1 Å². The van der Waals surface area contributed by atoms with E-state index in [0.29, 0.717) is 0 Å². The van der Waals surface area contributed by atoms with Crippen LogP contribution in [0.5, 0.6) is 0 Å². The molecule has 1 aromatic carbocycles. The van der Waals surface area contributed by atoms with Crippen LogP contribution in [-0.2, 0) is 9.53 Å². The number of carbonyl (C=O) groups excluding carboxylic acids is 2. The molecule has 0 fully saturated rings. The Morgan fingerprint density at radius 3 is 2.41 bits per heavy atom. The van der Waals surface area contributed by atoms with E-state index >= 15 is 0 Å². The fourth-order valence-electron chi connectivity index (χ4n) is 1.18. The summed E-state index contributed by atoms with van der Waals surface area (Å²) in [4.78, 5) is 22.2.